The lowest BCUT2D eigenvalue weighted by Gasteiger charge is -2.21. The van der Waals surface area contributed by atoms with Crippen LogP contribution < -0.4 is 10.6 Å². The van der Waals surface area contributed by atoms with E-state index in [2.05, 4.69) is 33.9 Å². The smallest absolute Gasteiger partial charge is 0.0729 e. The first-order chi connectivity index (χ1) is 10.4. The lowest BCUT2D eigenvalue weighted by atomic mass is 9.99. The third-order valence-corrected chi connectivity index (χ3v) is 3.80. The normalized spacial score (nSPS) is 13.6. The molecular formula is C16H22N4O. The maximum absolute atomic E-state index is 5.06. The summed E-state index contributed by atoms with van der Waals surface area (Å²) in [6, 6.07) is 6.54. The predicted octanol–water partition coefficient (Wildman–Crippen LogP) is 2.50. The van der Waals surface area contributed by atoms with Crippen molar-refractivity contribution in [3.63, 3.8) is 0 Å². The number of ether oxygens (including phenoxy) is 1. The van der Waals surface area contributed by atoms with Crippen LogP contribution in [0.25, 0.3) is 0 Å². The topological polar surface area (TPSA) is 51.1 Å². The number of methoxy groups -OCH3 is 1. The Kier molecular flexibility index (Phi) is 4.40. The molecule has 0 aliphatic carbocycles. The van der Waals surface area contributed by atoms with Crippen LogP contribution in [0.1, 0.15) is 17.5 Å². The van der Waals surface area contributed by atoms with E-state index in [0.29, 0.717) is 6.61 Å². The quantitative estimate of drug-likeness (QED) is 0.856. The fourth-order valence-corrected chi connectivity index (χ4v) is 2.69. The standard InChI is InChI=1S/C16H22N4O/c1-21-9-8-20-12-15(11-19-20)18-10-14-5-2-4-13-6-3-7-17-16(13)14/h2,4-5,11-12,17-18H,3,6-10H2,1H3. The van der Waals surface area contributed by atoms with E-state index in [-0.39, 0.29) is 0 Å². The van der Waals surface area contributed by atoms with Gasteiger partial charge < -0.3 is 15.4 Å². The zero-order valence-corrected chi connectivity index (χ0v) is 12.4. The lowest BCUT2D eigenvalue weighted by Crippen LogP contribution is -2.14. The molecule has 0 amide bonds. The Labute approximate surface area is 125 Å². The molecule has 1 aliphatic heterocycles. The highest BCUT2D eigenvalue weighted by Gasteiger charge is 2.12. The van der Waals surface area contributed by atoms with E-state index in [0.717, 1.165) is 25.3 Å². The monoisotopic (exact) mass is 286 g/mol. The van der Waals surface area contributed by atoms with Gasteiger partial charge in [0.05, 0.1) is 25.0 Å². The highest BCUT2D eigenvalue weighted by atomic mass is 16.5. The van der Waals surface area contributed by atoms with Crippen LogP contribution >= 0.6 is 0 Å². The minimum Gasteiger partial charge on any atom is -0.385 e. The van der Waals surface area contributed by atoms with Crippen LogP contribution in [0.3, 0.4) is 0 Å². The van der Waals surface area contributed by atoms with E-state index in [1.807, 2.05) is 17.1 Å². The van der Waals surface area contributed by atoms with E-state index in [9.17, 15) is 0 Å². The molecule has 0 atom stereocenters. The second-order valence-electron chi connectivity index (χ2n) is 5.32. The van der Waals surface area contributed by atoms with Crippen molar-refractivity contribution in [1.82, 2.24) is 9.78 Å². The second-order valence-corrected chi connectivity index (χ2v) is 5.32. The highest BCUT2D eigenvalue weighted by Crippen LogP contribution is 2.26. The molecule has 0 saturated heterocycles. The fraction of sp³-hybridized carbons (Fsp3) is 0.438. The van der Waals surface area contributed by atoms with Gasteiger partial charge in [-0.3, -0.25) is 4.68 Å². The van der Waals surface area contributed by atoms with E-state index in [1.54, 1.807) is 7.11 Å². The summed E-state index contributed by atoms with van der Waals surface area (Å²) in [5, 5.41) is 11.3. The molecule has 1 aromatic heterocycles. The summed E-state index contributed by atoms with van der Waals surface area (Å²) in [6.45, 7) is 3.34. The van der Waals surface area contributed by atoms with Crippen LogP contribution in [0.2, 0.25) is 0 Å². The van der Waals surface area contributed by atoms with Crippen LogP contribution in [-0.2, 0) is 24.2 Å². The third-order valence-electron chi connectivity index (χ3n) is 3.80. The molecule has 1 aromatic carbocycles. The molecule has 0 radical (unpaired) electrons. The molecule has 21 heavy (non-hydrogen) atoms. The van der Waals surface area contributed by atoms with Gasteiger partial charge in [-0.05, 0) is 24.0 Å². The molecular weight excluding hydrogens is 264 g/mol. The molecule has 1 aliphatic rings. The minimum atomic E-state index is 0.678. The van der Waals surface area contributed by atoms with E-state index < -0.39 is 0 Å². The number of anilines is 2. The molecule has 2 heterocycles. The van der Waals surface area contributed by atoms with Gasteiger partial charge in [0.15, 0.2) is 0 Å². The third kappa shape index (κ3) is 3.36. The average molecular weight is 286 g/mol. The maximum Gasteiger partial charge on any atom is 0.0729 e. The highest BCUT2D eigenvalue weighted by molar-refractivity contribution is 5.60. The number of para-hydroxylation sites is 1. The van der Waals surface area contributed by atoms with Crippen molar-refractivity contribution in [2.24, 2.45) is 0 Å². The van der Waals surface area contributed by atoms with Crippen molar-refractivity contribution in [3.8, 4) is 0 Å². The summed E-state index contributed by atoms with van der Waals surface area (Å²) >= 11 is 0. The van der Waals surface area contributed by atoms with Crippen LogP contribution in [0, 0.1) is 0 Å². The second kappa shape index (κ2) is 6.63. The van der Waals surface area contributed by atoms with E-state index in [4.69, 9.17) is 4.74 Å². The lowest BCUT2D eigenvalue weighted by molar-refractivity contribution is 0.183. The molecule has 5 heteroatoms. The number of aryl methyl sites for hydroxylation is 1. The van der Waals surface area contributed by atoms with Crippen molar-refractivity contribution in [2.75, 3.05) is 30.9 Å². The fourth-order valence-electron chi connectivity index (χ4n) is 2.69. The molecule has 0 spiro atoms. The number of benzene rings is 1. The molecule has 3 rings (SSSR count). The summed E-state index contributed by atoms with van der Waals surface area (Å²) in [6.07, 6.45) is 6.27. The van der Waals surface area contributed by atoms with Gasteiger partial charge in [-0.25, -0.2) is 0 Å². The molecule has 0 unspecified atom stereocenters. The summed E-state index contributed by atoms with van der Waals surface area (Å²) in [5.41, 5.74) is 5.09. The zero-order valence-electron chi connectivity index (χ0n) is 12.4. The van der Waals surface area contributed by atoms with Crippen LogP contribution in [0.5, 0.6) is 0 Å². The average Bonchev–Trinajstić information content (AvgIpc) is 2.99. The Bertz CT molecular complexity index is 594. The molecule has 0 fully saturated rings. The number of hydrogen-bond donors (Lipinski definition) is 2. The first-order valence-electron chi connectivity index (χ1n) is 7.47. The molecule has 0 saturated carbocycles. The van der Waals surface area contributed by atoms with Crippen LogP contribution in [-0.4, -0.2) is 30.0 Å². The van der Waals surface area contributed by atoms with Crippen molar-refractivity contribution < 1.29 is 4.74 Å². The summed E-state index contributed by atoms with van der Waals surface area (Å²) < 4.78 is 6.95. The van der Waals surface area contributed by atoms with Gasteiger partial charge >= 0.3 is 0 Å². The number of nitrogens with one attached hydrogen (secondary N) is 2. The van der Waals surface area contributed by atoms with Gasteiger partial charge in [0, 0.05) is 32.1 Å². The Balaban J connectivity index is 1.64. The van der Waals surface area contributed by atoms with Gasteiger partial charge in [0.1, 0.15) is 0 Å². The maximum atomic E-state index is 5.06. The van der Waals surface area contributed by atoms with E-state index >= 15 is 0 Å². The first-order valence-corrected chi connectivity index (χ1v) is 7.47. The van der Waals surface area contributed by atoms with Crippen molar-refractivity contribution >= 4 is 11.4 Å². The Hall–Kier alpha value is -2.01. The van der Waals surface area contributed by atoms with Gasteiger partial charge in [0.2, 0.25) is 0 Å². The van der Waals surface area contributed by atoms with Gasteiger partial charge in [-0.1, -0.05) is 18.2 Å². The minimum absolute atomic E-state index is 0.678. The van der Waals surface area contributed by atoms with Gasteiger partial charge in [-0.15, -0.1) is 0 Å². The summed E-state index contributed by atoms with van der Waals surface area (Å²) in [7, 11) is 1.70. The Morgan fingerprint density at radius 1 is 1.43 bits per heavy atom. The molecule has 2 N–H and O–H groups in total. The largest absolute Gasteiger partial charge is 0.385 e. The molecule has 2 aromatic rings. The van der Waals surface area contributed by atoms with Crippen molar-refractivity contribution in [1.29, 1.82) is 0 Å². The SMILES string of the molecule is COCCn1cc(NCc2cccc3c2NCCC3)cn1. The number of hydrogen-bond acceptors (Lipinski definition) is 4. The summed E-state index contributed by atoms with van der Waals surface area (Å²) in [4.78, 5) is 0. The van der Waals surface area contributed by atoms with Crippen molar-refractivity contribution in [3.05, 3.63) is 41.7 Å². The number of aromatic nitrogens is 2. The van der Waals surface area contributed by atoms with Crippen molar-refractivity contribution in [2.45, 2.75) is 25.9 Å². The number of rotatable bonds is 6. The number of nitrogens with zero attached hydrogens (tertiary/aromatic N) is 2. The predicted molar refractivity (Wildman–Crippen MR) is 84.7 cm³/mol. The molecule has 5 nitrogen and oxygen atoms in total. The van der Waals surface area contributed by atoms with Crippen LogP contribution in [0.4, 0.5) is 11.4 Å². The van der Waals surface area contributed by atoms with Crippen LogP contribution in [0.15, 0.2) is 30.6 Å². The Morgan fingerprint density at radius 3 is 3.29 bits per heavy atom. The summed E-state index contributed by atoms with van der Waals surface area (Å²) in [5.74, 6) is 0. The van der Waals surface area contributed by atoms with Gasteiger partial charge in [-0.2, -0.15) is 5.10 Å². The number of fused-ring (bicyclic) bond motifs is 1. The van der Waals surface area contributed by atoms with E-state index in [1.165, 1.54) is 29.7 Å². The first kappa shape index (κ1) is 13.9. The van der Waals surface area contributed by atoms with Gasteiger partial charge in [0.25, 0.3) is 0 Å². The molecule has 0 bridgehead atoms. The Morgan fingerprint density at radius 2 is 2.38 bits per heavy atom. The molecule has 112 valence electrons. The zero-order chi connectivity index (χ0) is 14.5.